The molecular formula is C16H33IN4O. The minimum absolute atomic E-state index is 0. The third-order valence-electron chi connectivity index (χ3n) is 4.43. The zero-order valence-electron chi connectivity index (χ0n) is 14.1. The van der Waals surface area contributed by atoms with Gasteiger partial charge >= 0.3 is 0 Å². The molecule has 6 heteroatoms. The molecule has 5 nitrogen and oxygen atoms in total. The first-order valence-corrected chi connectivity index (χ1v) is 8.56. The van der Waals surface area contributed by atoms with E-state index in [0.29, 0.717) is 6.10 Å². The summed E-state index contributed by atoms with van der Waals surface area (Å²) in [7, 11) is 1.83. The molecule has 2 heterocycles. The highest BCUT2D eigenvalue weighted by molar-refractivity contribution is 14.0. The van der Waals surface area contributed by atoms with Gasteiger partial charge in [0.25, 0.3) is 0 Å². The van der Waals surface area contributed by atoms with Crippen molar-refractivity contribution < 1.29 is 4.74 Å². The van der Waals surface area contributed by atoms with Gasteiger partial charge in [-0.1, -0.05) is 6.92 Å². The lowest BCUT2D eigenvalue weighted by Gasteiger charge is -2.30. The molecule has 22 heavy (non-hydrogen) atoms. The molecule has 0 radical (unpaired) electrons. The first kappa shape index (κ1) is 20.0. The number of hydrogen-bond acceptors (Lipinski definition) is 3. The maximum Gasteiger partial charge on any atom is 0.191 e. The average molecular weight is 424 g/mol. The largest absolute Gasteiger partial charge is 0.376 e. The van der Waals surface area contributed by atoms with E-state index in [-0.39, 0.29) is 24.0 Å². The van der Waals surface area contributed by atoms with E-state index in [2.05, 4.69) is 27.4 Å². The van der Waals surface area contributed by atoms with E-state index in [1.165, 1.54) is 45.3 Å². The summed E-state index contributed by atoms with van der Waals surface area (Å²) < 4.78 is 5.61. The molecule has 0 amide bonds. The van der Waals surface area contributed by atoms with Crippen molar-refractivity contribution >= 4 is 29.9 Å². The third-order valence-corrected chi connectivity index (χ3v) is 4.43. The second-order valence-corrected chi connectivity index (χ2v) is 6.42. The van der Waals surface area contributed by atoms with Crippen molar-refractivity contribution in [3.05, 3.63) is 0 Å². The lowest BCUT2D eigenvalue weighted by molar-refractivity contribution is 0.114. The summed E-state index contributed by atoms with van der Waals surface area (Å²) >= 11 is 0. The lowest BCUT2D eigenvalue weighted by Crippen LogP contribution is -2.42. The Morgan fingerprint density at radius 1 is 1.27 bits per heavy atom. The number of aliphatic imine (C=N–C) groups is 1. The molecule has 2 fully saturated rings. The molecule has 2 saturated heterocycles. The predicted molar refractivity (Wildman–Crippen MR) is 103 cm³/mol. The van der Waals surface area contributed by atoms with Gasteiger partial charge in [0.2, 0.25) is 0 Å². The van der Waals surface area contributed by atoms with Gasteiger partial charge in [-0.05, 0) is 51.1 Å². The van der Waals surface area contributed by atoms with Crippen LogP contribution in [0.1, 0.15) is 39.0 Å². The average Bonchev–Trinajstić information content (AvgIpc) is 3.00. The molecule has 0 saturated carbocycles. The number of halogens is 1. The first-order valence-electron chi connectivity index (χ1n) is 8.56. The molecule has 2 aliphatic rings. The third kappa shape index (κ3) is 7.46. The monoisotopic (exact) mass is 424 g/mol. The van der Waals surface area contributed by atoms with Gasteiger partial charge in [0, 0.05) is 33.3 Å². The Morgan fingerprint density at radius 3 is 2.82 bits per heavy atom. The van der Waals surface area contributed by atoms with Gasteiger partial charge in [-0.3, -0.25) is 4.99 Å². The van der Waals surface area contributed by atoms with E-state index < -0.39 is 0 Å². The van der Waals surface area contributed by atoms with E-state index in [9.17, 15) is 0 Å². The highest BCUT2D eigenvalue weighted by Gasteiger charge is 2.16. The number of ether oxygens (including phenoxy) is 1. The maximum atomic E-state index is 5.61. The Bertz CT molecular complexity index is 321. The van der Waals surface area contributed by atoms with Crippen LogP contribution in [0.15, 0.2) is 4.99 Å². The Labute approximate surface area is 152 Å². The number of hydrogen-bond donors (Lipinski definition) is 2. The minimum Gasteiger partial charge on any atom is -0.376 e. The molecule has 0 aromatic carbocycles. The van der Waals surface area contributed by atoms with Crippen LogP contribution in [0.5, 0.6) is 0 Å². The first-order chi connectivity index (χ1) is 10.3. The smallest absolute Gasteiger partial charge is 0.191 e. The van der Waals surface area contributed by atoms with Crippen molar-refractivity contribution in [3.8, 4) is 0 Å². The van der Waals surface area contributed by atoms with E-state index in [0.717, 1.165) is 38.0 Å². The van der Waals surface area contributed by atoms with E-state index in [1.54, 1.807) is 0 Å². The van der Waals surface area contributed by atoms with Gasteiger partial charge in [-0.15, -0.1) is 24.0 Å². The fourth-order valence-corrected chi connectivity index (χ4v) is 3.24. The lowest BCUT2D eigenvalue weighted by atomic mass is 10.0. The molecule has 2 N–H and O–H groups in total. The second-order valence-electron chi connectivity index (χ2n) is 6.42. The van der Waals surface area contributed by atoms with E-state index >= 15 is 0 Å². The molecule has 130 valence electrons. The Morgan fingerprint density at radius 2 is 2.14 bits per heavy atom. The maximum absolute atomic E-state index is 5.61. The number of piperidine rings is 1. The van der Waals surface area contributed by atoms with Gasteiger partial charge in [-0.25, -0.2) is 0 Å². The van der Waals surface area contributed by atoms with Gasteiger partial charge in [0.15, 0.2) is 5.96 Å². The fourth-order valence-electron chi connectivity index (χ4n) is 3.24. The Hall–Kier alpha value is -0.0800. The van der Waals surface area contributed by atoms with Crippen LogP contribution in [0.2, 0.25) is 0 Å². The molecular weight excluding hydrogens is 391 g/mol. The Kier molecular flexibility index (Phi) is 10.4. The number of nitrogens with zero attached hydrogens (tertiary/aromatic N) is 2. The Balaban J connectivity index is 0.00000242. The van der Waals surface area contributed by atoms with Crippen molar-refractivity contribution in [2.24, 2.45) is 10.9 Å². The van der Waals surface area contributed by atoms with Crippen molar-refractivity contribution in [1.29, 1.82) is 0 Å². The van der Waals surface area contributed by atoms with Crippen LogP contribution in [0.3, 0.4) is 0 Å². The molecule has 2 aliphatic heterocycles. The molecule has 0 spiro atoms. The SMILES string of the molecule is CN=C(NCCCN1CCCC(C)C1)NCC1CCCO1.I. The van der Waals surface area contributed by atoms with Gasteiger partial charge in [0.05, 0.1) is 6.10 Å². The van der Waals surface area contributed by atoms with E-state index in [4.69, 9.17) is 4.74 Å². The molecule has 0 aromatic rings. The minimum atomic E-state index is 0. The quantitative estimate of drug-likeness (QED) is 0.297. The van der Waals surface area contributed by atoms with Crippen LogP contribution >= 0.6 is 24.0 Å². The van der Waals surface area contributed by atoms with Crippen LogP contribution in [0.25, 0.3) is 0 Å². The summed E-state index contributed by atoms with van der Waals surface area (Å²) in [4.78, 5) is 6.87. The fraction of sp³-hybridized carbons (Fsp3) is 0.938. The molecule has 0 bridgehead atoms. The van der Waals surface area contributed by atoms with Crippen LogP contribution in [0.4, 0.5) is 0 Å². The van der Waals surface area contributed by atoms with E-state index in [1.807, 2.05) is 7.05 Å². The summed E-state index contributed by atoms with van der Waals surface area (Å²) in [6.07, 6.45) is 6.64. The van der Waals surface area contributed by atoms with Crippen molar-refractivity contribution in [1.82, 2.24) is 15.5 Å². The summed E-state index contributed by atoms with van der Waals surface area (Å²) in [6, 6.07) is 0. The van der Waals surface area contributed by atoms with Crippen molar-refractivity contribution in [3.63, 3.8) is 0 Å². The standard InChI is InChI=1S/C16H32N4O.HI/c1-14-6-3-9-20(13-14)10-5-8-18-16(17-2)19-12-15-7-4-11-21-15;/h14-15H,3-13H2,1-2H3,(H2,17,18,19);1H. The molecule has 2 rings (SSSR count). The van der Waals surface area contributed by atoms with Crippen molar-refractivity contribution in [2.45, 2.75) is 45.1 Å². The van der Waals surface area contributed by atoms with Gasteiger partial charge in [-0.2, -0.15) is 0 Å². The predicted octanol–water partition coefficient (Wildman–Crippen LogP) is 2.07. The normalized spacial score (nSPS) is 26.5. The van der Waals surface area contributed by atoms with Gasteiger partial charge in [0.1, 0.15) is 0 Å². The topological polar surface area (TPSA) is 48.9 Å². The highest BCUT2D eigenvalue weighted by Crippen LogP contribution is 2.15. The van der Waals surface area contributed by atoms with Crippen LogP contribution in [-0.2, 0) is 4.74 Å². The van der Waals surface area contributed by atoms with Crippen LogP contribution < -0.4 is 10.6 Å². The molecule has 0 aliphatic carbocycles. The molecule has 2 atom stereocenters. The van der Waals surface area contributed by atoms with Gasteiger partial charge < -0.3 is 20.3 Å². The summed E-state index contributed by atoms with van der Waals surface area (Å²) in [6.45, 7) is 8.86. The number of likely N-dealkylation sites (tertiary alicyclic amines) is 1. The number of rotatable bonds is 6. The number of guanidine groups is 1. The summed E-state index contributed by atoms with van der Waals surface area (Å²) in [5.74, 6) is 1.77. The van der Waals surface area contributed by atoms with Crippen LogP contribution in [0, 0.1) is 5.92 Å². The summed E-state index contributed by atoms with van der Waals surface area (Å²) in [5.41, 5.74) is 0. The number of nitrogens with one attached hydrogen (secondary N) is 2. The molecule has 2 unspecified atom stereocenters. The highest BCUT2D eigenvalue weighted by atomic mass is 127. The molecule has 0 aromatic heterocycles. The summed E-state index contributed by atoms with van der Waals surface area (Å²) in [5, 5.41) is 6.76. The van der Waals surface area contributed by atoms with Crippen molar-refractivity contribution in [2.75, 3.05) is 46.4 Å². The second kappa shape index (κ2) is 11.5. The zero-order valence-corrected chi connectivity index (χ0v) is 16.5. The van der Waals surface area contributed by atoms with Crippen LogP contribution in [-0.4, -0.2) is 63.3 Å². The zero-order chi connectivity index (χ0) is 14.9.